The summed E-state index contributed by atoms with van der Waals surface area (Å²) < 4.78 is 34.2. The largest absolute Gasteiger partial charge is 0.484 e. The van der Waals surface area contributed by atoms with Crippen LogP contribution in [0.25, 0.3) is 0 Å². The van der Waals surface area contributed by atoms with E-state index in [1.807, 2.05) is 0 Å². The average Bonchev–Trinajstić information content (AvgIpc) is 2.67. The predicted molar refractivity (Wildman–Crippen MR) is 110 cm³/mol. The van der Waals surface area contributed by atoms with E-state index in [1.54, 1.807) is 24.3 Å². The summed E-state index contributed by atoms with van der Waals surface area (Å²) >= 11 is 6.04. The second-order valence-corrected chi connectivity index (χ2v) is 8.68. The van der Waals surface area contributed by atoms with Crippen molar-refractivity contribution >= 4 is 39.2 Å². The lowest BCUT2D eigenvalue weighted by atomic mass is 10.2. The number of rotatable bonds is 8. The summed E-state index contributed by atoms with van der Waals surface area (Å²) in [6, 6.07) is 11.1. The molecule has 10 heteroatoms. The van der Waals surface area contributed by atoms with Gasteiger partial charge in [-0.15, -0.1) is 0 Å². The van der Waals surface area contributed by atoms with Gasteiger partial charge in [0.15, 0.2) is 6.61 Å². The molecule has 8 nitrogen and oxygen atoms in total. The van der Waals surface area contributed by atoms with Crippen LogP contribution >= 0.6 is 11.6 Å². The molecule has 2 aromatic carbocycles. The highest BCUT2D eigenvalue weighted by Gasteiger charge is 2.13. The fourth-order valence-electron chi connectivity index (χ4n) is 2.27. The molecular weight excluding hydrogens is 420 g/mol. The third-order valence-electron chi connectivity index (χ3n) is 3.93. The zero-order valence-electron chi connectivity index (χ0n) is 16.1. The van der Waals surface area contributed by atoms with Gasteiger partial charge in [0.25, 0.3) is 5.91 Å². The van der Waals surface area contributed by atoms with E-state index >= 15 is 0 Å². The number of methoxy groups -OCH3 is 1. The fraction of sp³-hybridized carbons (Fsp3) is 0.263. The van der Waals surface area contributed by atoms with Crippen LogP contribution in [-0.2, 0) is 26.1 Å². The molecule has 0 fully saturated rings. The molecule has 0 aliphatic heterocycles. The van der Waals surface area contributed by atoms with Crippen molar-refractivity contribution < 1.29 is 27.5 Å². The molecule has 156 valence electrons. The van der Waals surface area contributed by atoms with E-state index in [9.17, 15) is 18.0 Å². The van der Waals surface area contributed by atoms with E-state index in [0.717, 1.165) is 11.8 Å². The number of halogens is 1. The molecule has 0 bridgehead atoms. The minimum absolute atomic E-state index is 0.231. The number of anilines is 1. The van der Waals surface area contributed by atoms with Gasteiger partial charge in [-0.2, -0.15) is 0 Å². The lowest BCUT2D eigenvalue weighted by molar-refractivity contribution is -0.118. The van der Waals surface area contributed by atoms with Crippen LogP contribution in [0.1, 0.15) is 15.9 Å². The van der Waals surface area contributed by atoms with Crippen LogP contribution in [-0.4, -0.2) is 51.6 Å². The monoisotopic (exact) mass is 440 g/mol. The topological polar surface area (TPSA) is 102 Å². The Morgan fingerprint density at radius 3 is 2.38 bits per heavy atom. The Hall–Kier alpha value is -2.62. The van der Waals surface area contributed by atoms with Crippen molar-refractivity contribution in [3.63, 3.8) is 0 Å². The molecule has 2 aromatic rings. The first-order valence-electron chi connectivity index (χ1n) is 8.41. The number of ether oxygens (including phenoxy) is 2. The molecule has 0 atom stereocenters. The number of nitrogens with one attached hydrogen (secondary N) is 1. The van der Waals surface area contributed by atoms with Crippen molar-refractivity contribution in [3.8, 4) is 5.75 Å². The minimum Gasteiger partial charge on any atom is -0.484 e. The Labute approximate surface area is 174 Å². The molecule has 0 aliphatic carbocycles. The highest BCUT2D eigenvalue weighted by Crippen LogP contribution is 2.23. The van der Waals surface area contributed by atoms with Crippen LogP contribution in [0.3, 0.4) is 0 Å². The lowest BCUT2D eigenvalue weighted by Gasteiger charge is -2.14. The first-order valence-corrected chi connectivity index (χ1v) is 10.6. The van der Waals surface area contributed by atoms with Crippen molar-refractivity contribution in [1.82, 2.24) is 4.31 Å². The van der Waals surface area contributed by atoms with Gasteiger partial charge in [-0.1, -0.05) is 23.7 Å². The summed E-state index contributed by atoms with van der Waals surface area (Å²) in [7, 11) is -0.519. The number of amides is 1. The quantitative estimate of drug-likeness (QED) is 0.633. The Balaban J connectivity index is 1.93. The standard InChI is InChI=1S/C19H21ClN2O6S/c1-22(29(3,25)26)11-13-4-7-15(8-5-13)28-12-18(23)21-17-10-14(19(24)27-2)6-9-16(17)20/h4-10H,11-12H2,1-3H3,(H,21,23). The molecule has 0 aromatic heterocycles. The van der Waals surface area contributed by atoms with Crippen LogP contribution in [0.15, 0.2) is 42.5 Å². The van der Waals surface area contributed by atoms with Gasteiger partial charge >= 0.3 is 5.97 Å². The predicted octanol–water partition coefficient (Wildman–Crippen LogP) is 2.54. The molecule has 0 spiro atoms. The van der Waals surface area contributed by atoms with E-state index in [-0.39, 0.29) is 29.4 Å². The SMILES string of the molecule is COC(=O)c1ccc(Cl)c(NC(=O)COc2ccc(CN(C)S(C)(=O)=O)cc2)c1. The van der Waals surface area contributed by atoms with E-state index in [2.05, 4.69) is 10.1 Å². The zero-order chi connectivity index (χ0) is 21.6. The normalized spacial score (nSPS) is 11.2. The number of carbonyl (C=O) groups excluding carboxylic acids is 2. The maximum atomic E-state index is 12.1. The summed E-state index contributed by atoms with van der Waals surface area (Å²) in [6.45, 7) is -0.0456. The highest BCUT2D eigenvalue weighted by molar-refractivity contribution is 7.88. The average molecular weight is 441 g/mol. The first kappa shape index (κ1) is 22.7. The fourth-order valence-corrected chi connectivity index (χ4v) is 2.81. The van der Waals surface area contributed by atoms with E-state index < -0.39 is 21.9 Å². The number of sulfonamides is 1. The highest BCUT2D eigenvalue weighted by atomic mass is 35.5. The van der Waals surface area contributed by atoms with E-state index in [0.29, 0.717) is 5.75 Å². The molecule has 29 heavy (non-hydrogen) atoms. The van der Waals surface area contributed by atoms with Crippen molar-refractivity contribution in [2.75, 3.05) is 32.3 Å². The summed E-state index contributed by atoms with van der Waals surface area (Å²) in [5, 5.41) is 2.85. The van der Waals surface area contributed by atoms with Crippen LogP contribution in [0.5, 0.6) is 5.75 Å². The van der Waals surface area contributed by atoms with Gasteiger partial charge in [-0.25, -0.2) is 17.5 Å². The smallest absolute Gasteiger partial charge is 0.337 e. The molecule has 0 radical (unpaired) electrons. The number of benzene rings is 2. The Kier molecular flexibility index (Phi) is 7.60. The van der Waals surface area contributed by atoms with Crippen LogP contribution < -0.4 is 10.1 Å². The molecule has 0 saturated carbocycles. The minimum atomic E-state index is -3.27. The van der Waals surface area contributed by atoms with Gasteiger partial charge in [0.2, 0.25) is 10.0 Å². The third kappa shape index (κ3) is 6.74. The van der Waals surface area contributed by atoms with Gasteiger partial charge in [-0.05, 0) is 35.9 Å². The molecule has 1 N–H and O–H groups in total. The van der Waals surface area contributed by atoms with Gasteiger partial charge < -0.3 is 14.8 Å². The zero-order valence-corrected chi connectivity index (χ0v) is 17.7. The Morgan fingerprint density at radius 1 is 1.14 bits per heavy atom. The number of nitrogens with zero attached hydrogens (tertiary/aromatic N) is 1. The van der Waals surface area contributed by atoms with Crippen LogP contribution in [0, 0.1) is 0 Å². The molecule has 0 heterocycles. The van der Waals surface area contributed by atoms with Crippen LogP contribution in [0.2, 0.25) is 5.02 Å². The van der Waals surface area contributed by atoms with Gasteiger partial charge in [0.1, 0.15) is 5.75 Å². The van der Waals surface area contributed by atoms with E-state index in [4.69, 9.17) is 16.3 Å². The number of esters is 1. The second-order valence-electron chi connectivity index (χ2n) is 6.19. The molecule has 0 unspecified atom stereocenters. The summed E-state index contributed by atoms with van der Waals surface area (Å²) in [6.07, 6.45) is 1.14. The van der Waals surface area contributed by atoms with Gasteiger partial charge in [0.05, 0.1) is 29.6 Å². The summed E-state index contributed by atoms with van der Waals surface area (Å²) in [4.78, 5) is 23.7. The second kappa shape index (κ2) is 9.73. The molecular formula is C19H21ClN2O6S. The van der Waals surface area contributed by atoms with Crippen molar-refractivity contribution in [1.29, 1.82) is 0 Å². The third-order valence-corrected chi connectivity index (χ3v) is 5.52. The summed E-state index contributed by atoms with van der Waals surface area (Å²) in [5.74, 6) is -0.565. The van der Waals surface area contributed by atoms with Crippen molar-refractivity contribution in [2.45, 2.75) is 6.54 Å². The first-order chi connectivity index (χ1) is 13.6. The van der Waals surface area contributed by atoms with Gasteiger partial charge in [0, 0.05) is 13.6 Å². The Bertz CT molecular complexity index is 992. The molecule has 1 amide bonds. The van der Waals surface area contributed by atoms with Gasteiger partial charge in [-0.3, -0.25) is 4.79 Å². The molecule has 2 rings (SSSR count). The van der Waals surface area contributed by atoms with Crippen LogP contribution in [0.4, 0.5) is 5.69 Å². The summed E-state index contributed by atoms with van der Waals surface area (Å²) in [5.41, 5.74) is 1.30. The maximum Gasteiger partial charge on any atom is 0.337 e. The molecule has 0 aliphatic rings. The van der Waals surface area contributed by atoms with E-state index in [1.165, 1.54) is 36.7 Å². The van der Waals surface area contributed by atoms with Crippen molar-refractivity contribution in [2.24, 2.45) is 0 Å². The maximum absolute atomic E-state index is 12.1. The Morgan fingerprint density at radius 2 is 1.79 bits per heavy atom. The lowest BCUT2D eigenvalue weighted by Crippen LogP contribution is -2.24. The number of hydrogen-bond acceptors (Lipinski definition) is 6. The van der Waals surface area contributed by atoms with Crippen molar-refractivity contribution in [3.05, 3.63) is 58.6 Å². The number of hydrogen-bond donors (Lipinski definition) is 1. The molecule has 0 saturated heterocycles. The number of carbonyl (C=O) groups is 2.